The van der Waals surface area contributed by atoms with Crippen LogP contribution < -0.4 is 10.6 Å². The number of rotatable bonds is 2. The number of nitrogens with zero attached hydrogens (tertiary/aromatic N) is 2. The van der Waals surface area contributed by atoms with E-state index < -0.39 is 0 Å². The Balaban J connectivity index is 2.23. The molecule has 0 aromatic carbocycles. The van der Waals surface area contributed by atoms with Crippen LogP contribution in [0.1, 0.15) is 13.3 Å². The lowest BCUT2D eigenvalue weighted by molar-refractivity contribution is 0.727. The third kappa shape index (κ3) is 2.46. The first kappa shape index (κ1) is 12.0. The highest BCUT2D eigenvalue weighted by Gasteiger charge is 2.22. The van der Waals surface area contributed by atoms with Gasteiger partial charge in [0.25, 0.3) is 0 Å². The normalized spacial score (nSPS) is 21.1. The third-order valence-corrected chi connectivity index (χ3v) is 4.76. The Morgan fingerprint density at radius 3 is 3.12 bits per heavy atom. The number of hydrogen-bond acceptors (Lipinski definition) is 4. The van der Waals surface area contributed by atoms with Crippen LogP contribution in [0.4, 0.5) is 11.4 Å². The Morgan fingerprint density at radius 1 is 1.62 bits per heavy atom. The summed E-state index contributed by atoms with van der Waals surface area (Å²) in [5.41, 5.74) is 7.86. The van der Waals surface area contributed by atoms with Gasteiger partial charge in [0.1, 0.15) is 0 Å². The molecule has 2 rings (SSSR count). The van der Waals surface area contributed by atoms with Crippen LogP contribution in [0.25, 0.3) is 0 Å². The van der Waals surface area contributed by atoms with Gasteiger partial charge in [-0.25, -0.2) is 0 Å². The summed E-state index contributed by atoms with van der Waals surface area (Å²) in [7, 11) is 0. The van der Waals surface area contributed by atoms with Gasteiger partial charge in [-0.1, -0.05) is 6.92 Å². The molecular formula is C11H16BrN3S. The fraction of sp³-hybridized carbons (Fsp3) is 0.545. The van der Waals surface area contributed by atoms with Gasteiger partial charge >= 0.3 is 0 Å². The molecule has 1 aromatic rings. The Morgan fingerprint density at radius 2 is 2.44 bits per heavy atom. The lowest BCUT2D eigenvalue weighted by atomic mass is 10.2. The summed E-state index contributed by atoms with van der Waals surface area (Å²) >= 11 is 5.59. The first-order valence-corrected chi connectivity index (χ1v) is 7.32. The van der Waals surface area contributed by atoms with E-state index in [0.717, 1.165) is 28.9 Å². The molecule has 88 valence electrons. The van der Waals surface area contributed by atoms with Gasteiger partial charge in [0.15, 0.2) is 0 Å². The molecule has 2 heterocycles. The van der Waals surface area contributed by atoms with E-state index in [1.54, 1.807) is 6.20 Å². The zero-order valence-corrected chi connectivity index (χ0v) is 11.7. The molecule has 0 aliphatic carbocycles. The second-order valence-electron chi connectivity index (χ2n) is 3.91. The van der Waals surface area contributed by atoms with E-state index >= 15 is 0 Å². The second-order valence-corrected chi connectivity index (χ2v) is 6.17. The maximum absolute atomic E-state index is 6.00. The van der Waals surface area contributed by atoms with Gasteiger partial charge in [0, 0.05) is 30.3 Å². The van der Waals surface area contributed by atoms with Crippen molar-refractivity contribution >= 4 is 39.1 Å². The number of anilines is 2. The first-order chi connectivity index (χ1) is 7.72. The molecule has 1 fully saturated rings. The SMILES string of the molecule is CCC1CN(c2c(N)cncc2Br)CCS1. The standard InChI is InChI=1S/C11H16BrN3S/c1-2-8-7-15(3-4-16-8)11-9(12)5-14-6-10(11)13/h5-6,8H,2-4,7,13H2,1H3. The fourth-order valence-corrected chi connectivity index (χ4v) is 3.72. The average Bonchev–Trinajstić information content (AvgIpc) is 2.29. The van der Waals surface area contributed by atoms with Crippen molar-refractivity contribution in [1.29, 1.82) is 0 Å². The number of hydrogen-bond donors (Lipinski definition) is 1. The maximum atomic E-state index is 6.00. The second kappa shape index (κ2) is 5.27. The van der Waals surface area contributed by atoms with Crippen LogP contribution >= 0.6 is 27.7 Å². The number of nitrogen functional groups attached to an aromatic ring is 1. The molecule has 1 unspecified atom stereocenters. The molecule has 2 N–H and O–H groups in total. The van der Waals surface area contributed by atoms with Crippen molar-refractivity contribution in [3.63, 3.8) is 0 Å². The molecular weight excluding hydrogens is 286 g/mol. The number of aromatic nitrogens is 1. The van der Waals surface area contributed by atoms with Crippen LogP contribution in [-0.2, 0) is 0 Å². The highest BCUT2D eigenvalue weighted by molar-refractivity contribution is 9.10. The topological polar surface area (TPSA) is 42.1 Å². The Labute approximate surface area is 109 Å². The van der Waals surface area contributed by atoms with Crippen molar-refractivity contribution in [2.75, 3.05) is 29.5 Å². The summed E-state index contributed by atoms with van der Waals surface area (Å²) < 4.78 is 0.995. The minimum atomic E-state index is 0.716. The van der Waals surface area contributed by atoms with Crippen LogP contribution in [0.3, 0.4) is 0 Å². The van der Waals surface area contributed by atoms with Crippen molar-refractivity contribution in [2.24, 2.45) is 0 Å². The molecule has 5 heteroatoms. The molecule has 0 spiro atoms. The van der Waals surface area contributed by atoms with Crippen LogP contribution in [0.2, 0.25) is 0 Å². The number of thioether (sulfide) groups is 1. The molecule has 0 bridgehead atoms. The van der Waals surface area contributed by atoms with Gasteiger partial charge in [-0.05, 0) is 22.4 Å². The summed E-state index contributed by atoms with van der Waals surface area (Å²) in [6.07, 6.45) is 4.75. The Kier molecular flexibility index (Phi) is 3.97. The molecule has 16 heavy (non-hydrogen) atoms. The quantitative estimate of drug-likeness (QED) is 0.912. The molecule has 3 nitrogen and oxygen atoms in total. The van der Waals surface area contributed by atoms with E-state index in [1.165, 1.54) is 12.2 Å². The predicted octanol–water partition coefficient (Wildman–Crippen LogP) is 2.76. The van der Waals surface area contributed by atoms with Crippen molar-refractivity contribution in [2.45, 2.75) is 18.6 Å². The lowest BCUT2D eigenvalue weighted by Crippen LogP contribution is -2.38. The van der Waals surface area contributed by atoms with Gasteiger partial charge < -0.3 is 10.6 Å². The molecule has 0 saturated carbocycles. The third-order valence-electron chi connectivity index (χ3n) is 2.81. The molecule has 1 saturated heterocycles. The van der Waals surface area contributed by atoms with Gasteiger partial charge in [-0.3, -0.25) is 4.98 Å². The summed E-state index contributed by atoms with van der Waals surface area (Å²) in [6, 6.07) is 0. The summed E-state index contributed by atoms with van der Waals surface area (Å²) in [5.74, 6) is 1.17. The number of pyridine rings is 1. The Bertz CT molecular complexity index is 352. The highest BCUT2D eigenvalue weighted by Crippen LogP contribution is 2.34. The smallest absolute Gasteiger partial charge is 0.0776 e. The van der Waals surface area contributed by atoms with Gasteiger partial charge in [-0.2, -0.15) is 11.8 Å². The summed E-state index contributed by atoms with van der Waals surface area (Å²) in [5, 5.41) is 0.716. The molecule has 0 amide bonds. The molecule has 1 aliphatic rings. The van der Waals surface area contributed by atoms with Crippen molar-refractivity contribution in [3.05, 3.63) is 16.9 Å². The molecule has 1 atom stereocenters. The first-order valence-electron chi connectivity index (χ1n) is 5.48. The fourth-order valence-electron chi connectivity index (χ4n) is 1.95. The van der Waals surface area contributed by atoms with Crippen molar-refractivity contribution in [1.82, 2.24) is 4.98 Å². The average molecular weight is 302 g/mol. The van der Waals surface area contributed by atoms with Crippen molar-refractivity contribution in [3.8, 4) is 0 Å². The number of nitrogens with two attached hydrogens (primary N) is 1. The summed E-state index contributed by atoms with van der Waals surface area (Å²) in [4.78, 5) is 6.44. The minimum Gasteiger partial charge on any atom is -0.396 e. The predicted molar refractivity (Wildman–Crippen MR) is 75.1 cm³/mol. The van der Waals surface area contributed by atoms with Gasteiger partial charge in [0.05, 0.1) is 22.0 Å². The monoisotopic (exact) mass is 301 g/mol. The van der Waals surface area contributed by atoms with E-state index in [9.17, 15) is 0 Å². The summed E-state index contributed by atoms with van der Waals surface area (Å²) in [6.45, 7) is 4.38. The Hall–Kier alpha value is -0.420. The van der Waals surface area contributed by atoms with E-state index in [-0.39, 0.29) is 0 Å². The van der Waals surface area contributed by atoms with Crippen LogP contribution in [0.15, 0.2) is 16.9 Å². The van der Waals surface area contributed by atoms with Gasteiger partial charge in [-0.15, -0.1) is 0 Å². The zero-order valence-electron chi connectivity index (χ0n) is 9.32. The molecule has 0 radical (unpaired) electrons. The van der Waals surface area contributed by atoms with Crippen molar-refractivity contribution < 1.29 is 0 Å². The maximum Gasteiger partial charge on any atom is 0.0776 e. The van der Waals surface area contributed by atoms with E-state index in [1.807, 2.05) is 6.20 Å². The van der Waals surface area contributed by atoms with Crippen LogP contribution in [0, 0.1) is 0 Å². The van der Waals surface area contributed by atoms with E-state index in [4.69, 9.17) is 5.73 Å². The number of halogens is 1. The zero-order chi connectivity index (χ0) is 11.5. The van der Waals surface area contributed by atoms with Crippen LogP contribution in [0.5, 0.6) is 0 Å². The van der Waals surface area contributed by atoms with Gasteiger partial charge in [0.2, 0.25) is 0 Å². The van der Waals surface area contributed by atoms with Crippen LogP contribution in [-0.4, -0.2) is 29.1 Å². The highest BCUT2D eigenvalue weighted by atomic mass is 79.9. The molecule has 1 aromatic heterocycles. The minimum absolute atomic E-state index is 0.716. The van der Waals surface area contributed by atoms with E-state index in [2.05, 4.69) is 44.5 Å². The lowest BCUT2D eigenvalue weighted by Gasteiger charge is -2.34. The van der Waals surface area contributed by atoms with E-state index in [0.29, 0.717) is 5.25 Å². The molecule has 1 aliphatic heterocycles. The largest absolute Gasteiger partial charge is 0.396 e.